The minimum absolute atomic E-state index is 0. The molecule has 0 saturated heterocycles. The number of hydrogen-bond donors (Lipinski definition) is 1. The van der Waals surface area contributed by atoms with Crippen molar-refractivity contribution < 1.29 is 9.90 Å². The quantitative estimate of drug-likeness (QED) is 0.329. The molecule has 0 atom stereocenters. The maximum absolute atomic E-state index is 13.6. The van der Waals surface area contributed by atoms with E-state index < -0.39 is 0 Å². The van der Waals surface area contributed by atoms with Gasteiger partial charge in [0.15, 0.2) is 5.78 Å². The van der Waals surface area contributed by atoms with Crippen LogP contribution in [0, 0.1) is 6.92 Å². The summed E-state index contributed by atoms with van der Waals surface area (Å²) in [7, 11) is 0. The normalized spacial score (nSPS) is 12.5. The van der Waals surface area contributed by atoms with Crippen LogP contribution in [0.2, 0.25) is 0 Å². The number of carbonyl (C=O) groups excluding carboxylic acids is 1. The molecule has 0 aliphatic rings. The molecule has 0 amide bonds. The van der Waals surface area contributed by atoms with E-state index in [4.69, 9.17) is 4.99 Å². The number of aryl methyl sites for hydroxylation is 1. The van der Waals surface area contributed by atoms with Crippen LogP contribution in [0.3, 0.4) is 0 Å². The number of halogens is 1. The first-order valence-corrected chi connectivity index (χ1v) is 12.5. The smallest absolute Gasteiger partial charge is 0.205 e. The summed E-state index contributed by atoms with van der Waals surface area (Å²) >= 11 is 0. The third-order valence-corrected chi connectivity index (χ3v) is 6.29. The molecule has 1 aromatic heterocycles. The van der Waals surface area contributed by atoms with Gasteiger partial charge in [-0.1, -0.05) is 78.8 Å². The minimum atomic E-state index is -0.287. The molecule has 0 radical (unpaired) electrons. The molecule has 2 aromatic carbocycles. The van der Waals surface area contributed by atoms with Gasteiger partial charge in [-0.3, -0.25) is 9.79 Å². The molecule has 1 N–H and O–H groups in total. The average Bonchev–Trinajstić information content (AvgIpc) is 3.05. The number of Topliss-reactive ketones (excluding diaryl/α,β-unsaturated/α-hetero) is 1. The van der Waals surface area contributed by atoms with Crippen LogP contribution in [0.1, 0.15) is 87.6 Å². The van der Waals surface area contributed by atoms with E-state index >= 15 is 0 Å². The predicted molar refractivity (Wildman–Crippen MR) is 154 cm³/mol. The highest BCUT2D eigenvalue weighted by atomic mass is 79.9. The Balaban J connectivity index is 0.00000456. The summed E-state index contributed by atoms with van der Waals surface area (Å²) in [5.74, 6) is 0.300. The molecule has 36 heavy (non-hydrogen) atoms. The second-order valence-corrected chi connectivity index (χ2v) is 11.5. The maximum atomic E-state index is 13.6. The van der Waals surface area contributed by atoms with E-state index in [1.54, 1.807) is 0 Å². The molecule has 5 nitrogen and oxygen atoms in total. The first-order chi connectivity index (χ1) is 16.3. The molecule has 3 rings (SSSR count). The number of carbonyl (C=O) groups is 1. The monoisotopic (exact) mass is 555 g/mol. The fourth-order valence-electron chi connectivity index (χ4n) is 4.32. The number of rotatable bonds is 7. The summed E-state index contributed by atoms with van der Waals surface area (Å²) in [6.45, 7) is 18.1. The van der Waals surface area contributed by atoms with Crippen LogP contribution in [0.15, 0.2) is 53.7 Å². The lowest BCUT2D eigenvalue weighted by Gasteiger charge is -2.28. The Morgan fingerprint density at radius 3 is 2.03 bits per heavy atom. The summed E-state index contributed by atoms with van der Waals surface area (Å²) in [6, 6.07) is 14.0. The molecule has 0 fully saturated rings. The molecule has 0 bridgehead atoms. The zero-order chi connectivity index (χ0) is 26.0. The zero-order valence-corrected chi connectivity index (χ0v) is 24.8. The fraction of sp³-hybridized carbons (Fsp3) is 0.467. The largest absolute Gasteiger partial charge is 0.507 e. The average molecular weight is 557 g/mol. The molecular weight excluding hydrogens is 514 g/mol. The van der Waals surface area contributed by atoms with Crippen molar-refractivity contribution in [3.05, 3.63) is 82.2 Å². The highest BCUT2D eigenvalue weighted by molar-refractivity contribution is 8.93. The van der Waals surface area contributed by atoms with E-state index in [1.165, 1.54) is 5.56 Å². The number of nitrogens with zero attached hydrogens (tertiary/aromatic N) is 3. The van der Waals surface area contributed by atoms with Crippen LogP contribution in [0.4, 0.5) is 0 Å². The Kier molecular flexibility index (Phi) is 9.58. The van der Waals surface area contributed by atoms with Gasteiger partial charge in [-0.25, -0.2) is 0 Å². The molecule has 3 aromatic rings. The van der Waals surface area contributed by atoms with Gasteiger partial charge in [0.1, 0.15) is 5.75 Å². The third kappa shape index (κ3) is 6.78. The minimum Gasteiger partial charge on any atom is -0.507 e. The number of ketones is 1. The first-order valence-electron chi connectivity index (χ1n) is 12.5. The number of hydrogen-bond acceptors (Lipinski definition) is 3. The highest BCUT2D eigenvalue weighted by Crippen LogP contribution is 2.39. The Morgan fingerprint density at radius 1 is 0.972 bits per heavy atom. The van der Waals surface area contributed by atoms with Gasteiger partial charge in [0, 0.05) is 35.1 Å². The van der Waals surface area contributed by atoms with E-state index in [0.29, 0.717) is 18.7 Å². The van der Waals surface area contributed by atoms with Gasteiger partial charge in [0.05, 0.1) is 13.1 Å². The van der Waals surface area contributed by atoms with Gasteiger partial charge >= 0.3 is 0 Å². The number of phenols is 1. The van der Waals surface area contributed by atoms with Crippen molar-refractivity contribution in [2.24, 2.45) is 4.99 Å². The van der Waals surface area contributed by atoms with Gasteiger partial charge in [-0.15, -0.1) is 17.0 Å². The highest BCUT2D eigenvalue weighted by Gasteiger charge is 2.28. The second kappa shape index (κ2) is 11.6. The first kappa shape index (κ1) is 29.6. The Labute approximate surface area is 226 Å². The lowest BCUT2D eigenvalue weighted by Crippen LogP contribution is -2.30. The van der Waals surface area contributed by atoms with Crippen LogP contribution in [-0.4, -0.2) is 26.6 Å². The van der Waals surface area contributed by atoms with Gasteiger partial charge in [0.25, 0.3) is 0 Å². The van der Waals surface area contributed by atoms with E-state index in [1.807, 2.05) is 41.1 Å². The molecular formula is C30H42BrN3O2. The van der Waals surface area contributed by atoms with Crippen molar-refractivity contribution in [3.63, 3.8) is 0 Å². The Morgan fingerprint density at radius 2 is 1.53 bits per heavy atom. The van der Waals surface area contributed by atoms with E-state index in [0.717, 1.165) is 28.9 Å². The standard InChI is InChI=1S/C30H41N3O2.BrH/c1-9-15-31-28-32(18-21(2)33(28)19-22-13-11-10-12-14-22)20-26(34)23-16-24(29(3,4)5)27(35)25(17-23)30(6,7)8;/h10-14,16-18,35H,9,15,19-20H2,1-8H3;1H. The van der Waals surface area contributed by atoms with Crippen molar-refractivity contribution >= 4 is 22.8 Å². The Hall–Kier alpha value is -2.60. The Bertz CT molecular complexity index is 1220. The SMILES string of the molecule is Br.CCCN=c1n(CC(=O)c2cc(C(C)(C)C)c(O)c(C(C)(C)C)c2)cc(C)n1Cc1ccccc1. The van der Waals surface area contributed by atoms with Crippen LogP contribution >= 0.6 is 17.0 Å². The topological polar surface area (TPSA) is 59.5 Å². The van der Waals surface area contributed by atoms with E-state index in [2.05, 4.69) is 72.1 Å². The summed E-state index contributed by atoms with van der Waals surface area (Å²) in [4.78, 5) is 18.5. The van der Waals surface area contributed by atoms with Crippen LogP contribution in [-0.2, 0) is 23.9 Å². The van der Waals surface area contributed by atoms with Crippen molar-refractivity contribution in [2.75, 3.05) is 6.54 Å². The van der Waals surface area contributed by atoms with Gasteiger partial charge in [-0.05, 0) is 41.9 Å². The summed E-state index contributed by atoms with van der Waals surface area (Å²) in [6.07, 6.45) is 2.95. The molecule has 196 valence electrons. The maximum Gasteiger partial charge on any atom is 0.205 e. The molecule has 0 unspecified atom stereocenters. The number of aromatic nitrogens is 2. The number of phenolic OH excluding ortho intramolecular Hbond substituents is 1. The van der Waals surface area contributed by atoms with Crippen LogP contribution in [0.5, 0.6) is 5.75 Å². The second-order valence-electron chi connectivity index (χ2n) is 11.5. The van der Waals surface area contributed by atoms with Gasteiger partial charge in [-0.2, -0.15) is 0 Å². The number of imidazole rings is 1. The van der Waals surface area contributed by atoms with Gasteiger partial charge in [0.2, 0.25) is 5.62 Å². The van der Waals surface area contributed by atoms with Crippen molar-refractivity contribution in [1.29, 1.82) is 0 Å². The van der Waals surface area contributed by atoms with Crippen molar-refractivity contribution in [2.45, 2.75) is 85.7 Å². The fourth-order valence-corrected chi connectivity index (χ4v) is 4.32. The molecule has 0 aliphatic heterocycles. The van der Waals surface area contributed by atoms with E-state index in [-0.39, 0.29) is 45.9 Å². The van der Waals surface area contributed by atoms with Crippen LogP contribution in [0.25, 0.3) is 0 Å². The lowest BCUT2D eigenvalue weighted by molar-refractivity contribution is 0.0970. The summed E-state index contributed by atoms with van der Waals surface area (Å²) < 4.78 is 4.15. The van der Waals surface area contributed by atoms with Crippen LogP contribution < -0.4 is 5.62 Å². The number of benzene rings is 2. The lowest BCUT2D eigenvalue weighted by atomic mass is 9.78. The van der Waals surface area contributed by atoms with Crippen molar-refractivity contribution in [1.82, 2.24) is 9.13 Å². The summed E-state index contributed by atoms with van der Waals surface area (Å²) in [5.41, 5.74) is 4.72. The van der Waals surface area contributed by atoms with Gasteiger partial charge < -0.3 is 14.2 Å². The molecule has 0 saturated carbocycles. The zero-order valence-electron chi connectivity index (χ0n) is 23.1. The predicted octanol–water partition coefficient (Wildman–Crippen LogP) is 6.72. The molecule has 0 aliphatic carbocycles. The third-order valence-electron chi connectivity index (χ3n) is 6.29. The van der Waals surface area contributed by atoms with E-state index in [9.17, 15) is 9.90 Å². The van der Waals surface area contributed by atoms with Crippen molar-refractivity contribution in [3.8, 4) is 5.75 Å². The molecule has 1 heterocycles. The number of aromatic hydroxyl groups is 1. The summed E-state index contributed by atoms with van der Waals surface area (Å²) in [5, 5.41) is 11.0. The molecule has 0 spiro atoms. The molecule has 6 heteroatoms.